The number of carbonyl (C=O) groups is 1. The lowest BCUT2D eigenvalue weighted by atomic mass is 10.1. The molecule has 10 heteroatoms. The summed E-state index contributed by atoms with van der Waals surface area (Å²) in [4.78, 5) is 21.6. The third-order valence-electron chi connectivity index (χ3n) is 6.02. The molecular weight excluding hydrogens is 456 g/mol. The van der Waals surface area contributed by atoms with E-state index in [0.29, 0.717) is 40.3 Å². The fraction of sp³-hybridized carbons (Fsp3) is 0.292. The van der Waals surface area contributed by atoms with E-state index in [1.165, 1.54) is 11.9 Å². The van der Waals surface area contributed by atoms with Gasteiger partial charge in [0.25, 0.3) is 11.8 Å². The summed E-state index contributed by atoms with van der Waals surface area (Å²) >= 11 is 6.34. The summed E-state index contributed by atoms with van der Waals surface area (Å²) in [5.41, 5.74) is 2.89. The molecule has 2 aromatic heterocycles. The van der Waals surface area contributed by atoms with Crippen molar-refractivity contribution in [2.45, 2.75) is 32.2 Å². The second-order valence-electron chi connectivity index (χ2n) is 7.95. The first-order chi connectivity index (χ1) is 16.6. The van der Waals surface area contributed by atoms with E-state index in [9.17, 15) is 4.79 Å². The van der Waals surface area contributed by atoms with Crippen molar-refractivity contribution in [3.8, 4) is 22.9 Å². The van der Waals surface area contributed by atoms with Crippen molar-refractivity contribution in [2.75, 3.05) is 13.7 Å². The van der Waals surface area contributed by atoms with Gasteiger partial charge in [0, 0.05) is 12.1 Å². The van der Waals surface area contributed by atoms with Crippen LogP contribution in [0.3, 0.4) is 0 Å². The monoisotopic (exact) mass is 478 g/mol. The van der Waals surface area contributed by atoms with Gasteiger partial charge in [0.15, 0.2) is 5.82 Å². The van der Waals surface area contributed by atoms with Crippen LogP contribution in [0.5, 0.6) is 5.75 Å². The second-order valence-corrected chi connectivity index (χ2v) is 8.35. The molecule has 0 radical (unpaired) electrons. The van der Waals surface area contributed by atoms with Gasteiger partial charge in [-0.2, -0.15) is 20.0 Å². The van der Waals surface area contributed by atoms with Gasteiger partial charge in [-0.05, 0) is 43.0 Å². The minimum absolute atomic E-state index is 0.204. The van der Waals surface area contributed by atoms with Crippen molar-refractivity contribution in [1.82, 2.24) is 30.0 Å². The molecule has 9 nitrogen and oxygen atoms in total. The van der Waals surface area contributed by atoms with Gasteiger partial charge in [0.2, 0.25) is 0 Å². The van der Waals surface area contributed by atoms with Gasteiger partial charge < -0.3 is 14.2 Å². The molecule has 3 heterocycles. The van der Waals surface area contributed by atoms with E-state index >= 15 is 0 Å². The zero-order valence-corrected chi connectivity index (χ0v) is 19.6. The Kier molecular flexibility index (Phi) is 6.02. The first-order valence-corrected chi connectivity index (χ1v) is 11.5. The number of nitrogens with zero attached hydrogens (tertiary/aromatic N) is 6. The van der Waals surface area contributed by atoms with Gasteiger partial charge in [-0.25, -0.2) is 0 Å². The first kappa shape index (κ1) is 22.1. The third-order valence-corrected chi connectivity index (χ3v) is 6.31. The zero-order chi connectivity index (χ0) is 23.7. The fourth-order valence-corrected chi connectivity index (χ4v) is 4.56. The minimum atomic E-state index is -0.307. The van der Waals surface area contributed by atoms with Crippen LogP contribution in [0.2, 0.25) is 5.02 Å². The normalized spacial score (nSPS) is 15.6. The number of methoxy groups -OCH3 is 1. The Morgan fingerprint density at radius 2 is 2.03 bits per heavy atom. The Labute approximate surface area is 201 Å². The number of rotatable bonds is 6. The Bertz CT molecular complexity index is 1320. The summed E-state index contributed by atoms with van der Waals surface area (Å²) < 4.78 is 11.0. The number of ether oxygens (including phenoxy) is 1. The Hall–Kier alpha value is -3.72. The van der Waals surface area contributed by atoms with Gasteiger partial charge in [-0.3, -0.25) is 4.79 Å². The highest BCUT2D eigenvalue weighted by atomic mass is 35.5. The maximum absolute atomic E-state index is 13.8. The van der Waals surface area contributed by atoms with Gasteiger partial charge >= 0.3 is 0 Å². The summed E-state index contributed by atoms with van der Waals surface area (Å²) in [6.45, 7) is 2.65. The third kappa shape index (κ3) is 3.92. The van der Waals surface area contributed by atoms with Crippen LogP contribution in [-0.4, -0.2) is 49.6 Å². The molecule has 174 valence electrons. The average molecular weight is 479 g/mol. The van der Waals surface area contributed by atoms with E-state index in [2.05, 4.69) is 27.3 Å². The number of benzene rings is 2. The van der Waals surface area contributed by atoms with Crippen LogP contribution in [0.25, 0.3) is 17.1 Å². The van der Waals surface area contributed by atoms with Crippen molar-refractivity contribution < 1.29 is 14.1 Å². The number of carbonyl (C=O) groups excluding carboxylic acids is 1. The largest absolute Gasteiger partial charge is 0.495 e. The highest BCUT2D eigenvalue weighted by molar-refractivity contribution is 6.32. The molecule has 0 unspecified atom stereocenters. The predicted molar refractivity (Wildman–Crippen MR) is 125 cm³/mol. The molecule has 1 amide bonds. The average Bonchev–Trinajstić information content (AvgIpc) is 3.64. The van der Waals surface area contributed by atoms with E-state index in [1.54, 1.807) is 29.4 Å². The van der Waals surface area contributed by atoms with Crippen LogP contribution in [0.4, 0.5) is 0 Å². The van der Waals surface area contributed by atoms with Gasteiger partial charge in [0.1, 0.15) is 11.4 Å². The smallest absolute Gasteiger partial charge is 0.258 e. The number of halogens is 1. The van der Waals surface area contributed by atoms with Crippen molar-refractivity contribution >= 4 is 17.5 Å². The van der Waals surface area contributed by atoms with Crippen LogP contribution in [0, 0.1) is 0 Å². The number of hydrogen-bond acceptors (Lipinski definition) is 7. The van der Waals surface area contributed by atoms with Crippen LogP contribution >= 0.6 is 11.6 Å². The van der Waals surface area contributed by atoms with Crippen LogP contribution in [0.1, 0.15) is 47.6 Å². The quantitative estimate of drug-likeness (QED) is 0.401. The molecule has 0 bridgehead atoms. The maximum atomic E-state index is 13.8. The van der Waals surface area contributed by atoms with Crippen LogP contribution in [0.15, 0.2) is 53.3 Å². The summed E-state index contributed by atoms with van der Waals surface area (Å²) in [6, 6.07) is 10.9. The van der Waals surface area contributed by atoms with E-state index in [-0.39, 0.29) is 11.9 Å². The standard InChI is InChI=1S/C24H23ClN6O3/c1-3-15-7-4-5-8-16(15)23-28-22(29-34-23)19-9-6-12-30(19)24(32)17-13-21(33-2)18(25)14-20(17)31-26-10-11-27-31/h4-5,7-8,10-11,13-14,19H,3,6,9,12H2,1-2H3/t19-/m0/s1. The molecule has 34 heavy (non-hydrogen) atoms. The topological polar surface area (TPSA) is 99.2 Å². The lowest BCUT2D eigenvalue weighted by molar-refractivity contribution is 0.0727. The van der Waals surface area contributed by atoms with Crippen LogP contribution in [-0.2, 0) is 6.42 Å². The van der Waals surface area contributed by atoms with Crippen LogP contribution < -0.4 is 4.74 Å². The lowest BCUT2D eigenvalue weighted by Gasteiger charge is -2.23. The predicted octanol–water partition coefficient (Wildman–Crippen LogP) is 4.52. The number of hydrogen-bond donors (Lipinski definition) is 0. The summed E-state index contributed by atoms with van der Waals surface area (Å²) in [5, 5.41) is 13.0. The first-order valence-electron chi connectivity index (χ1n) is 11.1. The summed E-state index contributed by atoms with van der Waals surface area (Å²) in [7, 11) is 1.51. The van der Waals surface area contributed by atoms with E-state index in [1.807, 2.05) is 24.3 Å². The van der Waals surface area contributed by atoms with E-state index in [4.69, 9.17) is 20.9 Å². The second kappa shape index (κ2) is 9.26. The summed E-state index contributed by atoms with van der Waals surface area (Å²) in [6.07, 6.45) is 5.50. The number of aryl methyl sites for hydroxylation is 1. The van der Waals surface area contributed by atoms with Crippen molar-refractivity contribution in [2.24, 2.45) is 0 Å². The molecule has 0 N–H and O–H groups in total. The molecule has 4 aromatic rings. The molecule has 1 atom stereocenters. The lowest BCUT2D eigenvalue weighted by Crippen LogP contribution is -2.32. The Morgan fingerprint density at radius 3 is 2.79 bits per heavy atom. The number of amides is 1. The van der Waals surface area contributed by atoms with Gasteiger partial charge in [0.05, 0.1) is 36.1 Å². The maximum Gasteiger partial charge on any atom is 0.258 e. The van der Waals surface area contributed by atoms with Crippen molar-refractivity contribution in [3.05, 3.63) is 70.8 Å². The Morgan fingerprint density at radius 1 is 1.24 bits per heavy atom. The van der Waals surface area contributed by atoms with E-state index < -0.39 is 0 Å². The molecule has 5 rings (SSSR count). The molecule has 1 aliphatic rings. The fourth-order valence-electron chi connectivity index (χ4n) is 4.33. The SMILES string of the molecule is CCc1ccccc1-c1nc([C@@H]2CCCN2C(=O)c2cc(OC)c(Cl)cc2-n2nccn2)no1. The van der Waals surface area contributed by atoms with E-state index in [0.717, 1.165) is 30.4 Å². The van der Waals surface area contributed by atoms with Crippen molar-refractivity contribution in [1.29, 1.82) is 0 Å². The molecule has 0 spiro atoms. The van der Waals surface area contributed by atoms with Gasteiger partial charge in [-0.1, -0.05) is 41.9 Å². The molecule has 1 fully saturated rings. The highest BCUT2D eigenvalue weighted by Gasteiger charge is 2.35. The minimum Gasteiger partial charge on any atom is -0.495 e. The Balaban J connectivity index is 1.50. The molecule has 1 saturated heterocycles. The van der Waals surface area contributed by atoms with Crippen molar-refractivity contribution in [3.63, 3.8) is 0 Å². The summed E-state index contributed by atoms with van der Waals surface area (Å²) in [5.74, 6) is 1.15. The van der Waals surface area contributed by atoms with Gasteiger partial charge in [-0.15, -0.1) is 0 Å². The number of aromatic nitrogens is 5. The zero-order valence-electron chi connectivity index (χ0n) is 18.8. The molecule has 2 aromatic carbocycles. The molecule has 0 saturated carbocycles. The molecule has 0 aliphatic carbocycles. The number of likely N-dealkylation sites (tertiary alicyclic amines) is 1. The molecule has 1 aliphatic heterocycles. The molecular formula is C24H23ClN6O3. The highest BCUT2D eigenvalue weighted by Crippen LogP contribution is 2.36.